The summed E-state index contributed by atoms with van der Waals surface area (Å²) in [4.78, 5) is 0. The Balaban J connectivity index is 2.28. The molecule has 106 valence electrons. The summed E-state index contributed by atoms with van der Waals surface area (Å²) < 4.78 is 11.8. The Morgan fingerprint density at radius 1 is 1.16 bits per heavy atom. The minimum atomic E-state index is -0.206. The van der Waals surface area contributed by atoms with Crippen LogP contribution in [0.5, 0.6) is 5.75 Å². The minimum Gasteiger partial charge on any atom is -0.494 e. The number of hydrogen-bond donors (Lipinski definition) is 1. The largest absolute Gasteiger partial charge is 0.494 e. The van der Waals surface area contributed by atoms with Crippen molar-refractivity contribution in [3.8, 4) is 5.75 Å². The van der Waals surface area contributed by atoms with Gasteiger partial charge in [0, 0.05) is 12.2 Å². The zero-order valence-corrected chi connectivity index (χ0v) is 12.0. The maximum absolute atomic E-state index is 6.55. The van der Waals surface area contributed by atoms with Crippen molar-refractivity contribution in [1.29, 1.82) is 0 Å². The second kappa shape index (κ2) is 6.40. The van der Waals surface area contributed by atoms with Crippen LogP contribution >= 0.6 is 0 Å². The molecule has 2 N–H and O–H groups in total. The van der Waals surface area contributed by atoms with Gasteiger partial charge in [-0.2, -0.15) is 0 Å². The highest BCUT2D eigenvalue weighted by Gasteiger charge is 2.42. The summed E-state index contributed by atoms with van der Waals surface area (Å²) in [6.07, 6.45) is 4.49. The third-order valence-electron chi connectivity index (χ3n) is 4.00. The van der Waals surface area contributed by atoms with Crippen LogP contribution in [-0.2, 0) is 4.74 Å². The van der Waals surface area contributed by atoms with Crippen LogP contribution in [0.3, 0.4) is 0 Å². The van der Waals surface area contributed by atoms with Gasteiger partial charge in [-0.1, -0.05) is 31.0 Å². The molecule has 1 unspecified atom stereocenters. The minimum absolute atomic E-state index is 0.113. The molecule has 3 nitrogen and oxygen atoms in total. The van der Waals surface area contributed by atoms with Crippen molar-refractivity contribution in [3.63, 3.8) is 0 Å². The lowest BCUT2D eigenvalue weighted by Gasteiger charge is -2.36. The van der Waals surface area contributed by atoms with E-state index < -0.39 is 0 Å². The smallest absolute Gasteiger partial charge is 0.124 e. The summed E-state index contributed by atoms with van der Waals surface area (Å²) in [7, 11) is 0. The van der Waals surface area contributed by atoms with Crippen LogP contribution in [-0.4, -0.2) is 18.8 Å². The van der Waals surface area contributed by atoms with Crippen molar-refractivity contribution < 1.29 is 9.47 Å². The van der Waals surface area contributed by atoms with Crippen LogP contribution in [0, 0.1) is 0 Å². The van der Waals surface area contributed by atoms with Gasteiger partial charge in [0.15, 0.2) is 0 Å². The molecule has 0 amide bonds. The molecule has 1 aliphatic carbocycles. The van der Waals surface area contributed by atoms with E-state index in [0.717, 1.165) is 24.2 Å². The molecule has 0 saturated heterocycles. The molecule has 1 saturated carbocycles. The molecule has 1 aromatic rings. The Hall–Kier alpha value is -1.06. The number of nitrogens with two attached hydrogens (primary N) is 1. The molecular formula is C16H25NO2. The zero-order chi connectivity index (χ0) is 13.7. The second-order valence-electron chi connectivity index (χ2n) is 5.15. The van der Waals surface area contributed by atoms with E-state index in [1.54, 1.807) is 0 Å². The van der Waals surface area contributed by atoms with Gasteiger partial charge in [0.1, 0.15) is 5.75 Å². The van der Waals surface area contributed by atoms with Gasteiger partial charge in [0.05, 0.1) is 18.2 Å². The highest BCUT2D eigenvalue weighted by atomic mass is 16.5. The topological polar surface area (TPSA) is 44.5 Å². The first-order valence-electron chi connectivity index (χ1n) is 7.34. The number of hydrogen-bond acceptors (Lipinski definition) is 3. The molecule has 1 fully saturated rings. The van der Waals surface area contributed by atoms with Crippen molar-refractivity contribution in [2.45, 2.75) is 51.2 Å². The average Bonchev–Trinajstić information content (AvgIpc) is 2.89. The summed E-state index contributed by atoms with van der Waals surface area (Å²) in [5.74, 6) is 0.892. The number of ether oxygens (including phenoxy) is 2. The first-order chi connectivity index (χ1) is 9.23. The van der Waals surface area contributed by atoms with Crippen LogP contribution in [0.4, 0.5) is 0 Å². The van der Waals surface area contributed by atoms with E-state index in [0.29, 0.717) is 13.2 Å². The fraction of sp³-hybridized carbons (Fsp3) is 0.625. The Morgan fingerprint density at radius 3 is 2.47 bits per heavy atom. The second-order valence-corrected chi connectivity index (χ2v) is 5.15. The monoisotopic (exact) mass is 263 g/mol. The van der Waals surface area contributed by atoms with Gasteiger partial charge >= 0.3 is 0 Å². The molecule has 1 aromatic carbocycles. The molecule has 0 heterocycles. The third kappa shape index (κ3) is 2.93. The van der Waals surface area contributed by atoms with Crippen molar-refractivity contribution >= 4 is 0 Å². The molecule has 0 spiro atoms. The zero-order valence-electron chi connectivity index (χ0n) is 12.0. The SMILES string of the molecule is CCOc1ccccc1C(N)C1(OCC)CCCC1. The van der Waals surface area contributed by atoms with E-state index in [1.807, 2.05) is 32.0 Å². The van der Waals surface area contributed by atoms with Gasteiger partial charge in [0.25, 0.3) is 0 Å². The van der Waals surface area contributed by atoms with Gasteiger partial charge in [-0.3, -0.25) is 0 Å². The first-order valence-corrected chi connectivity index (χ1v) is 7.34. The van der Waals surface area contributed by atoms with Crippen LogP contribution in [0.15, 0.2) is 24.3 Å². The molecule has 3 heteroatoms. The molecular weight excluding hydrogens is 238 g/mol. The van der Waals surface area contributed by atoms with E-state index in [1.165, 1.54) is 12.8 Å². The number of rotatable bonds is 6. The Kier molecular flexibility index (Phi) is 4.83. The van der Waals surface area contributed by atoms with Gasteiger partial charge in [-0.05, 0) is 32.8 Å². The predicted molar refractivity (Wildman–Crippen MR) is 77.4 cm³/mol. The highest BCUT2D eigenvalue weighted by Crippen LogP contribution is 2.43. The van der Waals surface area contributed by atoms with Crippen LogP contribution in [0.1, 0.15) is 51.1 Å². The van der Waals surface area contributed by atoms with Crippen molar-refractivity contribution in [1.82, 2.24) is 0 Å². The summed E-state index contributed by atoms with van der Waals surface area (Å²) in [5, 5.41) is 0. The fourth-order valence-corrected chi connectivity index (χ4v) is 3.11. The molecule has 2 rings (SSSR count). The first kappa shape index (κ1) is 14.4. The van der Waals surface area contributed by atoms with Gasteiger partial charge < -0.3 is 15.2 Å². The fourth-order valence-electron chi connectivity index (χ4n) is 3.11. The standard InChI is InChI=1S/C16H25NO2/c1-3-18-14-10-6-5-9-13(14)15(17)16(19-4-2)11-7-8-12-16/h5-6,9-10,15H,3-4,7-8,11-12,17H2,1-2H3. The Bertz CT molecular complexity index is 399. The van der Waals surface area contributed by atoms with E-state index >= 15 is 0 Å². The Morgan fingerprint density at radius 2 is 1.84 bits per heavy atom. The molecule has 0 bridgehead atoms. The van der Waals surface area contributed by atoms with Gasteiger partial charge in [-0.15, -0.1) is 0 Å². The lowest BCUT2D eigenvalue weighted by molar-refractivity contribution is -0.0541. The van der Waals surface area contributed by atoms with Crippen LogP contribution in [0.2, 0.25) is 0 Å². The molecule has 19 heavy (non-hydrogen) atoms. The Labute approximate surface area is 116 Å². The molecule has 0 aromatic heterocycles. The molecule has 1 atom stereocenters. The quantitative estimate of drug-likeness (QED) is 0.855. The summed E-state index contributed by atoms with van der Waals surface area (Å²) in [6, 6.07) is 7.95. The lowest BCUT2D eigenvalue weighted by Crippen LogP contribution is -2.41. The van der Waals surface area contributed by atoms with E-state index in [9.17, 15) is 0 Å². The van der Waals surface area contributed by atoms with Crippen LogP contribution in [0.25, 0.3) is 0 Å². The van der Waals surface area contributed by atoms with E-state index in [2.05, 4.69) is 6.07 Å². The summed E-state index contributed by atoms with van der Waals surface area (Å²) in [5.41, 5.74) is 7.41. The molecule has 1 aliphatic rings. The molecule has 0 radical (unpaired) electrons. The predicted octanol–water partition coefficient (Wildman–Crippen LogP) is 3.43. The van der Waals surface area contributed by atoms with E-state index in [-0.39, 0.29) is 11.6 Å². The van der Waals surface area contributed by atoms with Gasteiger partial charge in [-0.25, -0.2) is 0 Å². The number of para-hydroxylation sites is 1. The third-order valence-corrected chi connectivity index (χ3v) is 4.00. The van der Waals surface area contributed by atoms with E-state index in [4.69, 9.17) is 15.2 Å². The van der Waals surface area contributed by atoms with Crippen molar-refractivity contribution in [2.75, 3.05) is 13.2 Å². The van der Waals surface area contributed by atoms with Crippen LogP contribution < -0.4 is 10.5 Å². The number of benzene rings is 1. The average molecular weight is 263 g/mol. The molecule has 0 aliphatic heterocycles. The summed E-state index contributed by atoms with van der Waals surface area (Å²) in [6.45, 7) is 5.41. The highest BCUT2D eigenvalue weighted by molar-refractivity contribution is 5.37. The van der Waals surface area contributed by atoms with Crippen molar-refractivity contribution in [3.05, 3.63) is 29.8 Å². The van der Waals surface area contributed by atoms with Gasteiger partial charge in [0.2, 0.25) is 0 Å². The normalized spacial score (nSPS) is 19.3. The maximum atomic E-state index is 6.55. The maximum Gasteiger partial charge on any atom is 0.124 e. The van der Waals surface area contributed by atoms with Crippen molar-refractivity contribution in [2.24, 2.45) is 5.73 Å². The lowest BCUT2D eigenvalue weighted by atomic mass is 9.87. The summed E-state index contributed by atoms with van der Waals surface area (Å²) >= 11 is 0.